The van der Waals surface area contributed by atoms with Crippen LogP contribution in [-0.4, -0.2) is 28.6 Å². The Hall–Kier alpha value is -1.53. The Labute approximate surface area is 110 Å². The van der Waals surface area contributed by atoms with Crippen molar-refractivity contribution < 1.29 is 4.74 Å². The third kappa shape index (κ3) is 3.24. The second-order valence-corrected chi connectivity index (χ2v) is 4.87. The number of nitrogens with zero attached hydrogens (tertiary/aromatic N) is 3. The van der Waals surface area contributed by atoms with E-state index in [9.17, 15) is 0 Å². The van der Waals surface area contributed by atoms with Crippen LogP contribution < -0.4 is 10.1 Å². The maximum atomic E-state index is 5.08. The first-order valence-corrected chi connectivity index (χ1v) is 6.67. The van der Waals surface area contributed by atoms with Crippen LogP contribution in [0, 0.1) is 0 Å². The smallest absolute Gasteiger partial charge is 0.216 e. The molecule has 0 aliphatic carbocycles. The Bertz CT molecular complexity index is 500. The SMILES string of the molecule is CCCNCc1cnc(-c2cc(OC)ncn2)s1. The number of thiazole rings is 1. The number of rotatable bonds is 6. The van der Waals surface area contributed by atoms with E-state index in [1.165, 1.54) is 11.2 Å². The van der Waals surface area contributed by atoms with Gasteiger partial charge in [-0.3, -0.25) is 0 Å². The number of methoxy groups -OCH3 is 1. The van der Waals surface area contributed by atoms with Gasteiger partial charge in [0, 0.05) is 23.7 Å². The molecule has 0 aromatic carbocycles. The van der Waals surface area contributed by atoms with Gasteiger partial charge in [-0.15, -0.1) is 11.3 Å². The zero-order chi connectivity index (χ0) is 12.8. The molecule has 0 bridgehead atoms. The predicted octanol–water partition coefficient (Wildman–Crippen LogP) is 2.11. The molecular weight excluding hydrogens is 248 g/mol. The van der Waals surface area contributed by atoms with Gasteiger partial charge in [-0.1, -0.05) is 6.92 Å². The number of hydrogen-bond acceptors (Lipinski definition) is 6. The van der Waals surface area contributed by atoms with Crippen molar-refractivity contribution in [1.29, 1.82) is 0 Å². The minimum Gasteiger partial charge on any atom is -0.481 e. The predicted molar refractivity (Wildman–Crippen MR) is 71.7 cm³/mol. The second kappa shape index (κ2) is 6.42. The molecule has 96 valence electrons. The Morgan fingerprint density at radius 2 is 2.22 bits per heavy atom. The van der Waals surface area contributed by atoms with Gasteiger partial charge < -0.3 is 10.1 Å². The van der Waals surface area contributed by atoms with Gasteiger partial charge in [0.1, 0.15) is 17.0 Å². The van der Waals surface area contributed by atoms with Crippen molar-refractivity contribution in [1.82, 2.24) is 20.3 Å². The summed E-state index contributed by atoms with van der Waals surface area (Å²) in [5, 5.41) is 4.24. The standard InChI is InChI=1S/C12H16N4OS/c1-3-4-13-6-9-7-14-12(18-9)10-5-11(17-2)16-8-15-10/h5,7-8,13H,3-4,6H2,1-2H3. The summed E-state index contributed by atoms with van der Waals surface area (Å²) in [5.74, 6) is 0.556. The lowest BCUT2D eigenvalue weighted by Gasteiger charge is -1.99. The first-order chi connectivity index (χ1) is 8.83. The zero-order valence-corrected chi connectivity index (χ0v) is 11.3. The molecule has 0 aliphatic heterocycles. The molecular formula is C12H16N4OS. The third-order valence-corrected chi connectivity index (χ3v) is 3.37. The van der Waals surface area contributed by atoms with Gasteiger partial charge in [0.25, 0.3) is 0 Å². The molecule has 5 nitrogen and oxygen atoms in total. The van der Waals surface area contributed by atoms with Crippen LogP contribution in [0.3, 0.4) is 0 Å². The van der Waals surface area contributed by atoms with Crippen LogP contribution in [0.4, 0.5) is 0 Å². The topological polar surface area (TPSA) is 59.9 Å². The van der Waals surface area contributed by atoms with Crippen LogP contribution in [0.1, 0.15) is 18.2 Å². The molecule has 2 aromatic rings. The van der Waals surface area contributed by atoms with Crippen LogP contribution in [0.2, 0.25) is 0 Å². The number of aromatic nitrogens is 3. The molecule has 0 atom stereocenters. The van der Waals surface area contributed by atoms with E-state index in [0.717, 1.165) is 30.2 Å². The molecule has 0 fully saturated rings. The van der Waals surface area contributed by atoms with Crippen LogP contribution in [-0.2, 0) is 6.54 Å². The fourth-order valence-corrected chi connectivity index (χ4v) is 2.31. The first-order valence-electron chi connectivity index (χ1n) is 5.85. The van der Waals surface area contributed by atoms with Gasteiger partial charge in [0.05, 0.1) is 7.11 Å². The van der Waals surface area contributed by atoms with Gasteiger partial charge in [-0.25, -0.2) is 15.0 Å². The maximum absolute atomic E-state index is 5.08. The fourth-order valence-electron chi connectivity index (χ4n) is 1.46. The van der Waals surface area contributed by atoms with E-state index in [2.05, 4.69) is 27.2 Å². The quantitative estimate of drug-likeness (QED) is 0.810. The average molecular weight is 264 g/mol. The highest BCUT2D eigenvalue weighted by Gasteiger charge is 2.07. The van der Waals surface area contributed by atoms with Crippen molar-refractivity contribution >= 4 is 11.3 Å². The van der Waals surface area contributed by atoms with E-state index < -0.39 is 0 Å². The Balaban J connectivity index is 2.08. The van der Waals surface area contributed by atoms with Gasteiger partial charge in [0.15, 0.2) is 0 Å². The summed E-state index contributed by atoms with van der Waals surface area (Å²) in [7, 11) is 1.59. The van der Waals surface area contributed by atoms with Gasteiger partial charge in [0.2, 0.25) is 5.88 Å². The summed E-state index contributed by atoms with van der Waals surface area (Å²) in [5.41, 5.74) is 0.800. The molecule has 0 saturated heterocycles. The van der Waals surface area contributed by atoms with Gasteiger partial charge in [-0.2, -0.15) is 0 Å². The third-order valence-electron chi connectivity index (χ3n) is 2.35. The highest BCUT2D eigenvalue weighted by atomic mass is 32.1. The summed E-state index contributed by atoms with van der Waals surface area (Å²) >= 11 is 1.64. The van der Waals surface area contributed by atoms with E-state index in [-0.39, 0.29) is 0 Å². The van der Waals surface area contributed by atoms with E-state index in [0.29, 0.717) is 5.88 Å². The normalized spacial score (nSPS) is 10.6. The number of nitrogens with one attached hydrogen (secondary N) is 1. The van der Waals surface area contributed by atoms with Crippen molar-refractivity contribution in [2.75, 3.05) is 13.7 Å². The summed E-state index contributed by atoms with van der Waals surface area (Å²) in [6.07, 6.45) is 4.51. The molecule has 1 N–H and O–H groups in total. The van der Waals surface area contributed by atoms with Crippen LogP contribution in [0.5, 0.6) is 5.88 Å². The lowest BCUT2D eigenvalue weighted by atomic mass is 10.4. The molecule has 0 radical (unpaired) electrons. The molecule has 0 amide bonds. The largest absolute Gasteiger partial charge is 0.481 e. The van der Waals surface area contributed by atoms with Crippen LogP contribution >= 0.6 is 11.3 Å². The number of hydrogen-bond donors (Lipinski definition) is 1. The summed E-state index contributed by atoms with van der Waals surface area (Å²) < 4.78 is 5.08. The zero-order valence-electron chi connectivity index (χ0n) is 10.5. The van der Waals surface area contributed by atoms with Crippen molar-refractivity contribution in [3.8, 4) is 16.6 Å². The van der Waals surface area contributed by atoms with Crippen LogP contribution in [0.15, 0.2) is 18.6 Å². The lowest BCUT2D eigenvalue weighted by Crippen LogP contribution is -2.12. The Kier molecular flexibility index (Phi) is 4.60. The first kappa shape index (κ1) is 12.9. The minimum atomic E-state index is 0.556. The van der Waals surface area contributed by atoms with Crippen molar-refractivity contribution in [3.63, 3.8) is 0 Å². The summed E-state index contributed by atoms with van der Waals surface area (Å²) in [6.45, 7) is 4.03. The summed E-state index contributed by atoms with van der Waals surface area (Å²) in [4.78, 5) is 13.8. The molecule has 0 saturated carbocycles. The highest BCUT2D eigenvalue weighted by Crippen LogP contribution is 2.24. The van der Waals surface area contributed by atoms with E-state index in [4.69, 9.17) is 4.74 Å². The average Bonchev–Trinajstić information content (AvgIpc) is 2.88. The maximum Gasteiger partial charge on any atom is 0.216 e. The van der Waals surface area contributed by atoms with Crippen molar-refractivity contribution in [2.45, 2.75) is 19.9 Å². The molecule has 0 unspecified atom stereocenters. The Morgan fingerprint density at radius 1 is 1.33 bits per heavy atom. The van der Waals surface area contributed by atoms with Crippen LogP contribution in [0.25, 0.3) is 10.7 Å². The summed E-state index contributed by atoms with van der Waals surface area (Å²) in [6, 6.07) is 1.79. The molecule has 0 aliphatic rings. The molecule has 6 heteroatoms. The van der Waals surface area contributed by atoms with E-state index >= 15 is 0 Å². The van der Waals surface area contributed by atoms with E-state index in [1.54, 1.807) is 24.5 Å². The fraction of sp³-hybridized carbons (Fsp3) is 0.417. The number of ether oxygens (including phenoxy) is 1. The monoisotopic (exact) mass is 264 g/mol. The highest BCUT2D eigenvalue weighted by molar-refractivity contribution is 7.14. The molecule has 0 spiro atoms. The second-order valence-electron chi connectivity index (χ2n) is 3.75. The molecule has 18 heavy (non-hydrogen) atoms. The lowest BCUT2D eigenvalue weighted by molar-refractivity contribution is 0.397. The molecule has 2 aromatic heterocycles. The minimum absolute atomic E-state index is 0.556. The van der Waals surface area contributed by atoms with Crippen molar-refractivity contribution in [3.05, 3.63) is 23.5 Å². The van der Waals surface area contributed by atoms with Gasteiger partial charge >= 0.3 is 0 Å². The van der Waals surface area contributed by atoms with Gasteiger partial charge in [-0.05, 0) is 13.0 Å². The van der Waals surface area contributed by atoms with Crippen molar-refractivity contribution in [2.24, 2.45) is 0 Å². The molecule has 2 heterocycles. The van der Waals surface area contributed by atoms with E-state index in [1.807, 2.05) is 6.20 Å². The Morgan fingerprint density at radius 3 is 3.00 bits per heavy atom. The molecule has 2 rings (SSSR count).